The summed E-state index contributed by atoms with van der Waals surface area (Å²) in [7, 11) is 0. The Labute approximate surface area is 139 Å². The lowest BCUT2D eigenvalue weighted by molar-refractivity contribution is -0.146. The van der Waals surface area contributed by atoms with Crippen molar-refractivity contribution in [3.63, 3.8) is 0 Å². The Bertz CT molecular complexity index is 667. The van der Waals surface area contributed by atoms with Crippen molar-refractivity contribution in [2.75, 3.05) is 12.4 Å². The van der Waals surface area contributed by atoms with Crippen molar-refractivity contribution in [1.82, 2.24) is 5.32 Å². The summed E-state index contributed by atoms with van der Waals surface area (Å²) < 4.78 is 10.0. The quantitative estimate of drug-likeness (QED) is 0.623. The van der Waals surface area contributed by atoms with Gasteiger partial charge in [0, 0.05) is 4.90 Å². The van der Waals surface area contributed by atoms with E-state index in [1.54, 1.807) is 12.1 Å². The summed E-state index contributed by atoms with van der Waals surface area (Å²) in [6.07, 6.45) is 1.53. The maximum absolute atomic E-state index is 11.7. The fourth-order valence-electron chi connectivity index (χ4n) is 1.78. The SMILES string of the molecule is Cc1ccc(SCC(=O)OCC(=O)NCc2ccco2)cc1C. The zero-order valence-electron chi connectivity index (χ0n) is 13.1. The summed E-state index contributed by atoms with van der Waals surface area (Å²) in [6, 6.07) is 9.52. The molecular formula is C17H19NO4S. The molecule has 5 nitrogen and oxygen atoms in total. The Kier molecular flexibility index (Phi) is 6.29. The molecule has 1 aromatic heterocycles. The first kappa shape index (κ1) is 17.1. The van der Waals surface area contributed by atoms with Crippen LogP contribution in [0.3, 0.4) is 0 Å². The molecule has 2 rings (SSSR count). The van der Waals surface area contributed by atoms with Gasteiger partial charge in [-0.25, -0.2) is 0 Å². The second-order valence-corrected chi connectivity index (χ2v) is 6.10. The molecule has 0 aliphatic rings. The van der Waals surface area contributed by atoms with Crippen LogP contribution in [0.2, 0.25) is 0 Å². The summed E-state index contributed by atoms with van der Waals surface area (Å²) in [5, 5.41) is 2.61. The number of carbonyl (C=O) groups excluding carboxylic acids is 2. The van der Waals surface area contributed by atoms with E-state index >= 15 is 0 Å². The number of aryl methyl sites for hydroxylation is 2. The summed E-state index contributed by atoms with van der Waals surface area (Å²) in [5.41, 5.74) is 2.39. The van der Waals surface area contributed by atoms with Gasteiger partial charge in [0.2, 0.25) is 0 Å². The summed E-state index contributed by atoms with van der Waals surface area (Å²) >= 11 is 1.39. The Morgan fingerprint density at radius 3 is 2.74 bits per heavy atom. The normalized spacial score (nSPS) is 10.3. The summed E-state index contributed by atoms with van der Waals surface area (Å²) in [4.78, 5) is 24.2. The molecule has 0 spiro atoms. The van der Waals surface area contributed by atoms with Crippen molar-refractivity contribution >= 4 is 23.6 Å². The number of rotatable bonds is 7. The number of benzene rings is 1. The van der Waals surface area contributed by atoms with Crippen LogP contribution < -0.4 is 5.32 Å². The highest BCUT2D eigenvalue weighted by atomic mass is 32.2. The van der Waals surface area contributed by atoms with Gasteiger partial charge in [-0.3, -0.25) is 9.59 Å². The molecule has 0 atom stereocenters. The van der Waals surface area contributed by atoms with Crippen molar-refractivity contribution in [2.45, 2.75) is 25.3 Å². The number of hydrogen-bond acceptors (Lipinski definition) is 5. The smallest absolute Gasteiger partial charge is 0.316 e. The Morgan fingerprint density at radius 1 is 1.22 bits per heavy atom. The minimum Gasteiger partial charge on any atom is -0.467 e. The summed E-state index contributed by atoms with van der Waals surface area (Å²) in [5.74, 6) is 0.0517. The second kappa shape index (κ2) is 8.43. The first-order valence-corrected chi connectivity index (χ1v) is 8.18. The van der Waals surface area contributed by atoms with E-state index in [4.69, 9.17) is 9.15 Å². The van der Waals surface area contributed by atoms with E-state index in [-0.39, 0.29) is 24.8 Å². The van der Waals surface area contributed by atoms with Gasteiger partial charge in [-0.1, -0.05) is 6.07 Å². The van der Waals surface area contributed by atoms with E-state index in [2.05, 4.69) is 5.32 Å². The molecule has 1 heterocycles. The van der Waals surface area contributed by atoms with Crippen LogP contribution in [0.25, 0.3) is 0 Å². The van der Waals surface area contributed by atoms with Gasteiger partial charge < -0.3 is 14.5 Å². The Hall–Kier alpha value is -2.21. The maximum Gasteiger partial charge on any atom is 0.316 e. The predicted octanol–water partition coefficient (Wildman–Crippen LogP) is 2.85. The monoisotopic (exact) mass is 333 g/mol. The number of furan rings is 1. The minimum absolute atomic E-state index is 0.175. The van der Waals surface area contributed by atoms with E-state index in [1.165, 1.54) is 29.2 Å². The number of amides is 1. The van der Waals surface area contributed by atoms with Crippen LogP contribution in [-0.2, 0) is 20.9 Å². The van der Waals surface area contributed by atoms with Crippen LogP contribution in [0, 0.1) is 13.8 Å². The molecule has 0 unspecified atom stereocenters. The zero-order valence-corrected chi connectivity index (χ0v) is 13.9. The maximum atomic E-state index is 11.7. The number of carbonyl (C=O) groups is 2. The molecule has 0 saturated heterocycles. The first-order valence-electron chi connectivity index (χ1n) is 7.19. The molecule has 122 valence electrons. The number of ether oxygens (including phenoxy) is 1. The minimum atomic E-state index is -0.415. The van der Waals surface area contributed by atoms with Gasteiger partial charge in [0.15, 0.2) is 6.61 Å². The van der Waals surface area contributed by atoms with Gasteiger partial charge in [0.05, 0.1) is 18.6 Å². The third kappa shape index (κ3) is 5.83. The van der Waals surface area contributed by atoms with Crippen LogP contribution in [0.5, 0.6) is 0 Å². The van der Waals surface area contributed by atoms with Gasteiger partial charge >= 0.3 is 5.97 Å². The van der Waals surface area contributed by atoms with Crippen LogP contribution in [0.1, 0.15) is 16.9 Å². The molecule has 0 fully saturated rings. The number of nitrogens with one attached hydrogen (secondary N) is 1. The zero-order chi connectivity index (χ0) is 16.7. The largest absolute Gasteiger partial charge is 0.467 e. The number of thioether (sulfide) groups is 1. The average molecular weight is 333 g/mol. The second-order valence-electron chi connectivity index (χ2n) is 5.05. The molecule has 0 radical (unpaired) electrons. The molecule has 0 aliphatic heterocycles. The number of esters is 1. The standard InChI is InChI=1S/C17H19NO4S/c1-12-5-6-15(8-13(12)2)23-11-17(20)22-10-16(19)18-9-14-4-3-7-21-14/h3-8H,9-11H2,1-2H3,(H,18,19). The third-order valence-electron chi connectivity index (χ3n) is 3.24. The van der Waals surface area contributed by atoms with Crippen LogP contribution >= 0.6 is 11.8 Å². The molecular weight excluding hydrogens is 314 g/mol. The lowest BCUT2D eigenvalue weighted by atomic mass is 10.1. The van der Waals surface area contributed by atoms with Gasteiger partial charge in [0.1, 0.15) is 5.76 Å². The van der Waals surface area contributed by atoms with Gasteiger partial charge in [-0.05, 0) is 49.2 Å². The lowest BCUT2D eigenvalue weighted by Crippen LogP contribution is -2.28. The van der Waals surface area contributed by atoms with E-state index in [0.717, 1.165) is 4.90 Å². The molecule has 23 heavy (non-hydrogen) atoms. The molecule has 6 heteroatoms. The van der Waals surface area contributed by atoms with Crippen LogP contribution in [0.4, 0.5) is 0 Å². The highest BCUT2D eigenvalue weighted by molar-refractivity contribution is 8.00. The lowest BCUT2D eigenvalue weighted by Gasteiger charge is -2.06. The highest BCUT2D eigenvalue weighted by Gasteiger charge is 2.09. The van der Waals surface area contributed by atoms with Crippen molar-refractivity contribution in [2.24, 2.45) is 0 Å². The fourth-order valence-corrected chi connectivity index (χ4v) is 2.58. The van der Waals surface area contributed by atoms with Gasteiger partial charge in [-0.2, -0.15) is 0 Å². The predicted molar refractivity (Wildman–Crippen MR) is 88.2 cm³/mol. The van der Waals surface area contributed by atoms with Crippen molar-refractivity contribution in [1.29, 1.82) is 0 Å². The third-order valence-corrected chi connectivity index (χ3v) is 4.21. The average Bonchev–Trinajstić information content (AvgIpc) is 3.05. The number of hydrogen-bond donors (Lipinski definition) is 1. The molecule has 1 amide bonds. The van der Waals surface area contributed by atoms with Crippen molar-refractivity contribution < 1.29 is 18.7 Å². The van der Waals surface area contributed by atoms with Crippen LogP contribution in [-0.4, -0.2) is 24.2 Å². The highest BCUT2D eigenvalue weighted by Crippen LogP contribution is 2.21. The van der Waals surface area contributed by atoms with E-state index in [0.29, 0.717) is 5.76 Å². The topological polar surface area (TPSA) is 68.5 Å². The fraction of sp³-hybridized carbons (Fsp3) is 0.294. The molecule has 2 aromatic rings. The van der Waals surface area contributed by atoms with Gasteiger partial charge in [0.25, 0.3) is 5.91 Å². The molecule has 1 N–H and O–H groups in total. The van der Waals surface area contributed by atoms with E-state index in [9.17, 15) is 9.59 Å². The molecule has 1 aromatic carbocycles. The molecule has 0 aliphatic carbocycles. The molecule has 0 bridgehead atoms. The van der Waals surface area contributed by atoms with Crippen molar-refractivity contribution in [3.8, 4) is 0 Å². The Morgan fingerprint density at radius 2 is 2.04 bits per heavy atom. The first-order chi connectivity index (χ1) is 11.0. The van der Waals surface area contributed by atoms with Crippen LogP contribution in [0.15, 0.2) is 45.9 Å². The molecule has 0 saturated carbocycles. The summed E-state index contributed by atoms with van der Waals surface area (Å²) in [6.45, 7) is 4.06. The van der Waals surface area contributed by atoms with E-state index in [1.807, 2.05) is 32.0 Å². The van der Waals surface area contributed by atoms with Gasteiger partial charge in [-0.15, -0.1) is 11.8 Å². The Balaban J connectivity index is 1.66. The van der Waals surface area contributed by atoms with Crippen molar-refractivity contribution in [3.05, 3.63) is 53.5 Å². The van der Waals surface area contributed by atoms with E-state index < -0.39 is 5.97 Å².